The van der Waals surface area contributed by atoms with Crippen LogP contribution in [0.15, 0.2) is 29.3 Å². The van der Waals surface area contributed by atoms with Crippen LogP contribution in [0.2, 0.25) is 5.02 Å². The normalized spacial score (nSPS) is 23.9. The van der Waals surface area contributed by atoms with E-state index in [1.54, 1.807) is 32.9 Å². The Labute approximate surface area is 141 Å². The third-order valence-electron chi connectivity index (χ3n) is 3.63. The summed E-state index contributed by atoms with van der Waals surface area (Å²) in [5, 5.41) is 0.645. The highest BCUT2D eigenvalue weighted by molar-refractivity contribution is 6.30. The first-order valence-electron chi connectivity index (χ1n) is 7.73. The fourth-order valence-electron chi connectivity index (χ4n) is 2.70. The number of benzene rings is 1. The molecule has 0 spiro atoms. The van der Waals surface area contributed by atoms with Crippen LogP contribution in [0, 0.1) is 11.8 Å². The summed E-state index contributed by atoms with van der Waals surface area (Å²) in [5.41, 5.74) is 0.971. The molecule has 0 bridgehead atoms. The minimum absolute atomic E-state index is 0.114. The number of ketones is 1. The molecule has 1 aliphatic rings. The number of hydrogen-bond donors (Lipinski definition) is 0. The lowest BCUT2D eigenvalue weighted by molar-refractivity contribution is -0.164. The molecule has 1 saturated carbocycles. The van der Waals surface area contributed by atoms with Crippen LogP contribution in [0.25, 0.3) is 0 Å². The van der Waals surface area contributed by atoms with Crippen molar-refractivity contribution in [1.29, 1.82) is 0 Å². The van der Waals surface area contributed by atoms with Gasteiger partial charge in [0.1, 0.15) is 11.5 Å². The van der Waals surface area contributed by atoms with Gasteiger partial charge in [-0.2, -0.15) is 0 Å². The van der Waals surface area contributed by atoms with Crippen LogP contribution in [-0.2, 0) is 14.3 Å². The maximum absolute atomic E-state index is 12.4. The quantitative estimate of drug-likeness (QED) is 0.595. The van der Waals surface area contributed by atoms with Crippen molar-refractivity contribution in [3.63, 3.8) is 0 Å². The Hall–Kier alpha value is -1.68. The molecular formula is C18H22ClNO3. The third-order valence-corrected chi connectivity index (χ3v) is 3.88. The van der Waals surface area contributed by atoms with Gasteiger partial charge < -0.3 is 4.74 Å². The number of hydrogen-bond acceptors (Lipinski definition) is 4. The minimum Gasteiger partial charge on any atom is -0.459 e. The number of rotatable bonds is 2. The Kier molecular flexibility index (Phi) is 5.25. The van der Waals surface area contributed by atoms with E-state index in [9.17, 15) is 9.59 Å². The van der Waals surface area contributed by atoms with Crippen molar-refractivity contribution in [2.45, 2.75) is 46.1 Å². The first-order chi connectivity index (χ1) is 10.7. The number of Topliss-reactive ketones (excluding diaryl/α,β-unsaturated/α-hetero) is 1. The van der Waals surface area contributed by atoms with Crippen LogP contribution < -0.4 is 0 Å². The van der Waals surface area contributed by atoms with Crippen molar-refractivity contribution in [1.82, 2.24) is 0 Å². The van der Waals surface area contributed by atoms with Crippen molar-refractivity contribution in [2.24, 2.45) is 16.8 Å². The summed E-state index contributed by atoms with van der Waals surface area (Å²) in [6.07, 6.45) is 0.801. The van der Waals surface area contributed by atoms with Crippen LogP contribution >= 0.6 is 11.6 Å². The van der Waals surface area contributed by atoms with E-state index in [-0.39, 0.29) is 18.1 Å². The van der Waals surface area contributed by atoms with Crippen LogP contribution in [0.3, 0.4) is 0 Å². The van der Waals surface area contributed by atoms with Crippen molar-refractivity contribution >= 4 is 34.8 Å². The van der Waals surface area contributed by atoms with E-state index in [0.29, 0.717) is 11.4 Å². The topological polar surface area (TPSA) is 55.7 Å². The first kappa shape index (κ1) is 17.7. The molecule has 0 radical (unpaired) electrons. The van der Waals surface area contributed by atoms with Gasteiger partial charge in [0.15, 0.2) is 5.78 Å². The van der Waals surface area contributed by atoms with E-state index >= 15 is 0 Å². The van der Waals surface area contributed by atoms with Gasteiger partial charge in [-0.05, 0) is 57.4 Å². The zero-order valence-corrected chi connectivity index (χ0v) is 14.7. The molecule has 5 heteroatoms. The maximum atomic E-state index is 12.4. The molecule has 0 heterocycles. The van der Waals surface area contributed by atoms with Crippen LogP contribution in [-0.4, -0.2) is 23.1 Å². The molecule has 1 aliphatic carbocycles. The van der Waals surface area contributed by atoms with E-state index in [1.165, 1.54) is 0 Å². The molecule has 2 unspecified atom stereocenters. The summed E-state index contributed by atoms with van der Waals surface area (Å²) >= 11 is 5.85. The van der Waals surface area contributed by atoms with Crippen molar-refractivity contribution in [2.75, 3.05) is 0 Å². The predicted octanol–water partition coefficient (Wildman–Crippen LogP) is 4.37. The van der Waals surface area contributed by atoms with E-state index in [4.69, 9.17) is 16.3 Å². The predicted molar refractivity (Wildman–Crippen MR) is 91.3 cm³/mol. The lowest BCUT2D eigenvalue weighted by atomic mass is 9.78. The number of carbonyl (C=O) groups is 2. The van der Waals surface area contributed by atoms with Gasteiger partial charge in [0.25, 0.3) is 0 Å². The summed E-state index contributed by atoms with van der Waals surface area (Å²) in [4.78, 5) is 29.1. The summed E-state index contributed by atoms with van der Waals surface area (Å²) in [6.45, 7) is 7.30. The summed E-state index contributed by atoms with van der Waals surface area (Å²) < 4.78 is 5.37. The van der Waals surface area contributed by atoms with Gasteiger partial charge >= 0.3 is 5.97 Å². The smallest absolute Gasteiger partial charge is 0.317 e. The molecule has 1 aromatic carbocycles. The summed E-state index contributed by atoms with van der Waals surface area (Å²) in [6, 6.07) is 7.14. The Morgan fingerprint density at radius 3 is 2.39 bits per heavy atom. The molecule has 0 aliphatic heterocycles. The first-order valence-corrected chi connectivity index (χ1v) is 8.11. The summed E-state index contributed by atoms with van der Waals surface area (Å²) in [5.74, 6) is -1.36. The van der Waals surface area contributed by atoms with Gasteiger partial charge in [-0.1, -0.05) is 18.5 Å². The highest BCUT2D eigenvalue weighted by atomic mass is 35.5. The largest absolute Gasteiger partial charge is 0.459 e. The maximum Gasteiger partial charge on any atom is 0.317 e. The molecule has 1 fully saturated rings. The third kappa shape index (κ3) is 4.90. The number of aliphatic imine (C=N–C) groups is 1. The lowest BCUT2D eigenvalue weighted by Gasteiger charge is -2.30. The van der Waals surface area contributed by atoms with Gasteiger partial charge in [0, 0.05) is 17.2 Å². The fourth-order valence-corrected chi connectivity index (χ4v) is 2.83. The standard InChI is InChI=1S/C18H22ClNO3/c1-11-9-14(20-13-7-5-12(19)6-8-13)10-15(21)16(11)17(22)23-18(2,3)4/h5-8,11,16H,9-10H2,1-4H3. The highest BCUT2D eigenvalue weighted by Crippen LogP contribution is 2.30. The summed E-state index contributed by atoms with van der Waals surface area (Å²) in [7, 11) is 0. The highest BCUT2D eigenvalue weighted by Gasteiger charge is 2.39. The second kappa shape index (κ2) is 6.83. The van der Waals surface area contributed by atoms with Crippen molar-refractivity contribution in [3.8, 4) is 0 Å². The zero-order chi connectivity index (χ0) is 17.2. The molecular weight excluding hydrogens is 314 g/mol. The zero-order valence-electron chi connectivity index (χ0n) is 13.9. The second-order valence-electron chi connectivity index (χ2n) is 6.99. The van der Waals surface area contributed by atoms with Gasteiger partial charge in [0.2, 0.25) is 0 Å². The average Bonchev–Trinajstić information content (AvgIpc) is 2.38. The molecule has 2 atom stereocenters. The van der Waals surface area contributed by atoms with E-state index in [2.05, 4.69) is 4.99 Å². The van der Waals surface area contributed by atoms with Crippen LogP contribution in [0.1, 0.15) is 40.5 Å². The molecule has 2 rings (SSSR count). The van der Waals surface area contributed by atoms with Crippen LogP contribution in [0.5, 0.6) is 0 Å². The Morgan fingerprint density at radius 1 is 1.26 bits per heavy atom. The van der Waals surface area contributed by atoms with E-state index in [1.807, 2.05) is 19.1 Å². The average molecular weight is 336 g/mol. The van der Waals surface area contributed by atoms with Crippen molar-refractivity contribution in [3.05, 3.63) is 29.3 Å². The lowest BCUT2D eigenvalue weighted by Crippen LogP contribution is -2.40. The Balaban J connectivity index is 2.11. The number of halogens is 1. The minimum atomic E-state index is -0.696. The van der Waals surface area contributed by atoms with Gasteiger partial charge in [-0.3, -0.25) is 14.6 Å². The molecule has 4 nitrogen and oxygen atoms in total. The molecule has 0 saturated heterocycles. The molecule has 0 N–H and O–H groups in total. The number of carbonyl (C=O) groups excluding carboxylic acids is 2. The van der Waals surface area contributed by atoms with Gasteiger partial charge in [-0.15, -0.1) is 0 Å². The number of ether oxygens (including phenoxy) is 1. The Bertz CT molecular complexity index is 629. The molecule has 124 valence electrons. The van der Waals surface area contributed by atoms with E-state index < -0.39 is 17.5 Å². The molecule has 0 aromatic heterocycles. The second-order valence-corrected chi connectivity index (χ2v) is 7.43. The monoisotopic (exact) mass is 335 g/mol. The van der Waals surface area contributed by atoms with Gasteiger partial charge in [-0.25, -0.2) is 0 Å². The molecule has 1 aromatic rings. The van der Waals surface area contributed by atoms with Gasteiger partial charge in [0.05, 0.1) is 5.69 Å². The van der Waals surface area contributed by atoms with E-state index in [0.717, 1.165) is 11.4 Å². The number of nitrogens with zero attached hydrogens (tertiary/aromatic N) is 1. The fraction of sp³-hybridized carbons (Fsp3) is 0.500. The number of esters is 1. The SMILES string of the molecule is CC1CC(=Nc2ccc(Cl)cc2)CC(=O)C1C(=O)OC(C)(C)C. The Morgan fingerprint density at radius 2 is 1.87 bits per heavy atom. The van der Waals surface area contributed by atoms with Crippen molar-refractivity contribution < 1.29 is 14.3 Å². The molecule has 23 heavy (non-hydrogen) atoms. The van der Waals surface area contributed by atoms with Crippen LogP contribution in [0.4, 0.5) is 5.69 Å². The molecule has 0 amide bonds.